The lowest BCUT2D eigenvalue weighted by Gasteiger charge is -2.29. The van der Waals surface area contributed by atoms with Gasteiger partial charge in [0.1, 0.15) is 23.9 Å². The SMILES string of the molecule is CNC(=O)OC(Cc1ccccc1)C(CN)OCC(CC(N)c1ccccc1)OC(=O)OC(C)(C)C. The molecule has 0 aliphatic rings. The molecule has 2 aromatic rings. The molecule has 0 heterocycles. The van der Waals surface area contributed by atoms with Crippen LogP contribution in [0.25, 0.3) is 0 Å². The lowest BCUT2D eigenvalue weighted by Crippen LogP contribution is -2.44. The number of benzene rings is 2. The summed E-state index contributed by atoms with van der Waals surface area (Å²) < 4.78 is 22.6. The summed E-state index contributed by atoms with van der Waals surface area (Å²) in [5.74, 6) is 0. The number of ether oxygens (including phenoxy) is 4. The highest BCUT2D eigenvalue weighted by Gasteiger charge is 2.29. The second-order valence-corrected chi connectivity index (χ2v) is 9.45. The highest BCUT2D eigenvalue weighted by Crippen LogP contribution is 2.20. The van der Waals surface area contributed by atoms with Crippen molar-refractivity contribution in [3.05, 3.63) is 71.8 Å². The van der Waals surface area contributed by atoms with Gasteiger partial charge in [-0.15, -0.1) is 0 Å². The first-order valence-corrected chi connectivity index (χ1v) is 12.1. The normalized spacial score (nSPS) is 14.7. The van der Waals surface area contributed by atoms with Gasteiger partial charge in [-0.2, -0.15) is 0 Å². The van der Waals surface area contributed by atoms with Crippen LogP contribution in [0, 0.1) is 0 Å². The lowest BCUT2D eigenvalue weighted by atomic mass is 10.0. The average molecular weight is 502 g/mol. The fourth-order valence-corrected chi connectivity index (χ4v) is 3.53. The molecule has 1 amide bonds. The molecule has 0 fully saturated rings. The Labute approximate surface area is 213 Å². The summed E-state index contributed by atoms with van der Waals surface area (Å²) in [6.07, 6.45) is -2.75. The van der Waals surface area contributed by atoms with E-state index in [9.17, 15) is 9.59 Å². The van der Waals surface area contributed by atoms with Crippen molar-refractivity contribution in [1.29, 1.82) is 0 Å². The zero-order valence-electron chi connectivity index (χ0n) is 21.5. The van der Waals surface area contributed by atoms with Gasteiger partial charge in [0.2, 0.25) is 0 Å². The maximum atomic E-state index is 12.4. The maximum absolute atomic E-state index is 12.4. The molecule has 36 heavy (non-hydrogen) atoms. The van der Waals surface area contributed by atoms with Crippen LogP contribution in [0.5, 0.6) is 0 Å². The quantitative estimate of drug-likeness (QED) is 0.375. The molecule has 2 rings (SSSR count). The molecule has 0 saturated carbocycles. The van der Waals surface area contributed by atoms with Crippen molar-refractivity contribution < 1.29 is 28.5 Å². The molecule has 198 valence electrons. The number of amides is 1. The van der Waals surface area contributed by atoms with Crippen LogP contribution in [0.3, 0.4) is 0 Å². The largest absolute Gasteiger partial charge is 0.509 e. The molecule has 0 aromatic heterocycles. The van der Waals surface area contributed by atoms with Gasteiger partial charge in [-0.3, -0.25) is 0 Å². The van der Waals surface area contributed by atoms with E-state index in [-0.39, 0.29) is 13.2 Å². The van der Waals surface area contributed by atoms with E-state index in [4.69, 9.17) is 30.4 Å². The van der Waals surface area contributed by atoms with Crippen molar-refractivity contribution in [3.63, 3.8) is 0 Å². The van der Waals surface area contributed by atoms with Crippen molar-refractivity contribution in [2.75, 3.05) is 20.2 Å². The molecule has 2 aromatic carbocycles. The number of carbonyl (C=O) groups excluding carboxylic acids is 2. The van der Waals surface area contributed by atoms with Crippen LogP contribution >= 0.6 is 0 Å². The Bertz CT molecular complexity index is 920. The summed E-state index contributed by atoms with van der Waals surface area (Å²) in [7, 11) is 1.48. The van der Waals surface area contributed by atoms with Crippen LogP contribution in [0.4, 0.5) is 9.59 Å². The molecule has 0 saturated heterocycles. The number of rotatable bonds is 12. The average Bonchev–Trinajstić information content (AvgIpc) is 2.84. The van der Waals surface area contributed by atoms with Crippen molar-refractivity contribution >= 4 is 12.2 Å². The predicted octanol–water partition coefficient (Wildman–Crippen LogP) is 3.71. The second-order valence-electron chi connectivity index (χ2n) is 9.45. The lowest BCUT2D eigenvalue weighted by molar-refractivity contribution is -0.0862. The van der Waals surface area contributed by atoms with Gasteiger partial charge in [-0.25, -0.2) is 9.59 Å². The summed E-state index contributed by atoms with van der Waals surface area (Å²) in [6.45, 7) is 5.33. The van der Waals surface area contributed by atoms with Gasteiger partial charge < -0.3 is 35.7 Å². The van der Waals surface area contributed by atoms with Gasteiger partial charge in [-0.1, -0.05) is 60.7 Å². The number of hydrogen-bond acceptors (Lipinski definition) is 8. The third-order valence-corrected chi connectivity index (χ3v) is 5.28. The van der Waals surface area contributed by atoms with E-state index in [1.807, 2.05) is 60.7 Å². The zero-order chi connectivity index (χ0) is 26.6. The molecule has 0 aliphatic carbocycles. The Balaban J connectivity index is 2.15. The predicted molar refractivity (Wildman–Crippen MR) is 137 cm³/mol. The number of nitrogens with one attached hydrogen (secondary N) is 1. The van der Waals surface area contributed by atoms with E-state index >= 15 is 0 Å². The summed E-state index contributed by atoms with van der Waals surface area (Å²) in [5.41, 5.74) is 13.5. The molecule has 5 N–H and O–H groups in total. The Kier molecular flexibility index (Phi) is 11.7. The summed E-state index contributed by atoms with van der Waals surface area (Å²) in [4.78, 5) is 24.4. The Morgan fingerprint density at radius 3 is 2.11 bits per heavy atom. The van der Waals surface area contributed by atoms with E-state index in [2.05, 4.69) is 5.32 Å². The highest BCUT2D eigenvalue weighted by atomic mass is 16.7. The minimum Gasteiger partial charge on any atom is -0.443 e. The van der Waals surface area contributed by atoms with E-state index < -0.39 is 42.2 Å². The van der Waals surface area contributed by atoms with E-state index in [1.54, 1.807) is 20.8 Å². The third kappa shape index (κ3) is 10.6. The first kappa shape index (κ1) is 29.1. The van der Waals surface area contributed by atoms with Gasteiger partial charge in [0.15, 0.2) is 0 Å². The van der Waals surface area contributed by atoms with Crippen LogP contribution in [-0.4, -0.2) is 56.4 Å². The molecule has 0 spiro atoms. The van der Waals surface area contributed by atoms with Crippen molar-refractivity contribution in [3.8, 4) is 0 Å². The minimum absolute atomic E-state index is 0.00988. The van der Waals surface area contributed by atoms with Crippen LogP contribution in [0.2, 0.25) is 0 Å². The minimum atomic E-state index is -0.817. The van der Waals surface area contributed by atoms with Crippen molar-refractivity contribution in [2.45, 2.75) is 63.6 Å². The number of nitrogens with two attached hydrogens (primary N) is 2. The molecule has 4 atom stereocenters. The van der Waals surface area contributed by atoms with Crippen LogP contribution < -0.4 is 16.8 Å². The first-order valence-electron chi connectivity index (χ1n) is 12.1. The van der Waals surface area contributed by atoms with Gasteiger partial charge in [0.05, 0.1) is 6.61 Å². The fourth-order valence-electron chi connectivity index (χ4n) is 3.53. The van der Waals surface area contributed by atoms with E-state index in [1.165, 1.54) is 7.05 Å². The van der Waals surface area contributed by atoms with Crippen molar-refractivity contribution in [2.24, 2.45) is 11.5 Å². The second kappa shape index (κ2) is 14.4. The van der Waals surface area contributed by atoms with Crippen LogP contribution in [-0.2, 0) is 25.4 Å². The van der Waals surface area contributed by atoms with Gasteiger partial charge in [-0.05, 0) is 31.9 Å². The highest BCUT2D eigenvalue weighted by molar-refractivity contribution is 5.67. The molecule has 0 bridgehead atoms. The Hall–Kier alpha value is -3.14. The van der Waals surface area contributed by atoms with Gasteiger partial charge in [0.25, 0.3) is 0 Å². The molecule has 0 aliphatic heterocycles. The van der Waals surface area contributed by atoms with Gasteiger partial charge >= 0.3 is 12.2 Å². The fraction of sp³-hybridized carbons (Fsp3) is 0.481. The monoisotopic (exact) mass is 501 g/mol. The van der Waals surface area contributed by atoms with Gasteiger partial charge in [0, 0.05) is 32.5 Å². The molecular formula is C27H39N3O6. The maximum Gasteiger partial charge on any atom is 0.509 e. The standard InChI is InChI=1S/C27H39N3O6/c1-27(2,3)36-26(32)34-21(16-22(29)20-13-9-6-10-14-20)18-33-24(17-28)23(35-25(31)30-4)15-19-11-7-5-8-12-19/h5-14,21-24H,15-18,28-29H2,1-4H3,(H,30,31). The molecule has 0 radical (unpaired) electrons. The summed E-state index contributed by atoms with van der Waals surface area (Å²) in [6, 6.07) is 18.7. The molecular weight excluding hydrogens is 462 g/mol. The van der Waals surface area contributed by atoms with Crippen molar-refractivity contribution in [1.82, 2.24) is 5.32 Å². The summed E-state index contributed by atoms with van der Waals surface area (Å²) >= 11 is 0. The number of hydrogen-bond donors (Lipinski definition) is 3. The first-order chi connectivity index (χ1) is 17.1. The Morgan fingerprint density at radius 1 is 0.944 bits per heavy atom. The topological polar surface area (TPSA) is 135 Å². The van der Waals surface area contributed by atoms with E-state index in [0.29, 0.717) is 12.8 Å². The molecule has 9 heteroatoms. The Morgan fingerprint density at radius 2 is 1.56 bits per heavy atom. The molecule has 4 unspecified atom stereocenters. The third-order valence-electron chi connectivity index (χ3n) is 5.28. The summed E-state index contributed by atoms with van der Waals surface area (Å²) in [5, 5.41) is 2.46. The molecule has 9 nitrogen and oxygen atoms in total. The smallest absolute Gasteiger partial charge is 0.443 e. The zero-order valence-corrected chi connectivity index (χ0v) is 21.5. The number of carbonyl (C=O) groups is 2. The number of alkyl carbamates (subject to hydrolysis) is 1. The van der Waals surface area contributed by atoms with Crippen LogP contribution in [0.1, 0.15) is 44.4 Å². The van der Waals surface area contributed by atoms with Crippen LogP contribution in [0.15, 0.2) is 60.7 Å². The van der Waals surface area contributed by atoms with E-state index in [0.717, 1.165) is 11.1 Å².